The quantitative estimate of drug-likeness (QED) is 0.260. The number of rotatable bonds is 3. The zero-order valence-electron chi connectivity index (χ0n) is 20.7. The molecule has 0 N–H and O–H groups in total. The zero-order valence-corrected chi connectivity index (χ0v) is 20.7. The highest BCUT2D eigenvalue weighted by Crippen LogP contribution is 2.37. The average molecular weight is 456 g/mol. The maximum absolute atomic E-state index is 6.26. The molecule has 3 heteroatoms. The molecule has 1 aliphatic heterocycles. The summed E-state index contributed by atoms with van der Waals surface area (Å²) in [7, 11) is -0.346. The minimum absolute atomic E-state index is 0.342. The fourth-order valence-corrected chi connectivity index (χ4v) is 4.89. The van der Waals surface area contributed by atoms with Crippen LogP contribution in [0, 0.1) is 0 Å². The normalized spacial score (nSPS) is 16.7. The second-order valence-electron chi connectivity index (χ2n) is 10.5. The van der Waals surface area contributed by atoms with E-state index in [0.717, 1.165) is 5.46 Å². The molecular weight excluding hydrogens is 427 g/mol. The molecule has 1 fully saturated rings. The van der Waals surface area contributed by atoms with Gasteiger partial charge in [0.15, 0.2) is 0 Å². The second kappa shape index (κ2) is 8.08. The fraction of sp³-hybridized carbons (Fsp3) is 0.188. The van der Waals surface area contributed by atoms with Crippen LogP contribution in [-0.2, 0) is 9.31 Å². The van der Waals surface area contributed by atoms with Gasteiger partial charge in [0.1, 0.15) is 0 Å². The minimum atomic E-state index is -0.346. The van der Waals surface area contributed by atoms with Crippen LogP contribution in [0.4, 0.5) is 0 Å². The Kier molecular flexibility index (Phi) is 5.10. The zero-order chi connectivity index (χ0) is 24.2. The van der Waals surface area contributed by atoms with E-state index in [2.05, 4.69) is 131 Å². The van der Waals surface area contributed by atoms with Crippen molar-refractivity contribution >= 4 is 34.1 Å². The second-order valence-corrected chi connectivity index (χ2v) is 10.5. The summed E-state index contributed by atoms with van der Waals surface area (Å²) in [5, 5.41) is 4.92. The standard InChI is InChI=1S/C32H29BO2/c1-31(2)32(3,4)35-33(34-31)28-18-17-25-19-24(15-16-26(25)20-28)27-14-13-23-11-8-12-29(30(23)21-27)22-9-6-5-7-10-22/h5-21H,1-4H3. The van der Waals surface area contributed by atoms with Crippen molar-refractivity contribution in [1.29, 1.82) is 0 Å². The predicted octanol–water partition coefficient (Wildman–Crippen LogP) is 7.63. The smallest absolute Gasteiger partial charge is 0.399 e. The van der Waals surface area contributed by atoms with E-state index in [4.69, 9.17) is 9.31 Å². The molecule has 2 nitrogen and oxygen atoms in total. The Balaban J connectivity index is 1.37. The molecule has 1 saturated heterocycles. The summed E-state index contributed by atoms with van der Waals surface area (Å²) in [6, 6.07) is 37.1. The van der Waals surface area contributed by atoms with Gasteiger partial charge in [0.25, 0.3) is 0 Å². The van der Waals surface area contributed by atoms with Crippen molar-refractivity contribution in [2.75, 3.05) is 0 Å². The lowest BCUT2D eigenvalue weighted by Gasteiger charge is -2.32. The van der Waals surface area contributed by atoms with Crippen LogP contribution in [-0.4, -0.2) is 18.3 Å². The Morgan fingerprint density at radius 1 is 0.514 bits per heavy atom. The van der Waals surface area contributed by atoms with Gasteiger partial charge in [-0.2, -0.15) is 0 Å². The maximum atomic E-state index is 6.26. The van der Waals surface area contributed by atoms with Crippen LogP contribution < -0.4 is 5.46 Å². The molecule has 1 heterocycles. The Hall–Kier alpha value is -3.40. The van der Waals surface area contributed by atoms with E-state index in [1.807, 2.05) is 0 Å². The van der Waals surface area contributed by atoms with Crippen LogP contribution in [0.25, 0.3) is 43.8 Å². The lowest BCUT2D eigenvalue weighted by atomic mass is 9.78. The first-order valence-electron chi connectivity index (χ1n) is 12.3. The average Bonchev–Trinajstić information content (AvgIpc) is 3.09. The Bertz CT molecular complexity index is 1540. The summed E-state index contributed by atoms with van der Waals surface area (Å²) in [5.74, 6) is 0. The number of hydrogen-bond acceptors (Lipinski definition) is 2. The summed E-state index contributed by atoms with van der Waals surface area (Å²) >= 11 is 0. The van der Waals surface area contributed by atoms with E-state index in [-0.39, 0.29) is 18.3 Å². The molecule has 35 heavy (non-hydrogen) atoms. The highest BCUT2D eigenvalue weighted by Gasteiger charge is 2.51. The van der Waals surface area contributed by atoms with Crippen molar-refractivity contribution in [2.45, 2.75) is 38.9 Å². The van der Waals surface area contributed by atoms with Crippen LogP contribution in [0.3, 0.4) is 0 Å². The van der Waals surface area contributed by atoms with Crippen molar-refractivity contribution in [3.05, 3.63) is 103 Å². The Morgan fingerprint density at radius 3 is 1.89 bits per heavy atom. The van der Waals surface area contributed by atoms with Gasteiger partial charge in [-0.05, 0) is 89.1 Å². The Labute approximate surface area is 207 Å². The van der Waals surface area contributed by atoms with Crippen molar-refractivity contribution in [3.8, 4) is 22.3 Å². The lowest BCUT2D eigenvalue weighted by Crippen LogP contribution is -2.41. The Morgan fingerprint density at radius 2 is 1.14 bits per heavy atom. The van der Waals surface area contributed by atoms with Gasteiger partial charge < -0.3 is 9.31 Å². The highest BCUT2D eigenvalue weighted by molar-refractivity contribution is 6.62. The molecule has 0 spiro atoms. The van der Waals surface area contributed by atoms with Gasteiger partial charge in [-0.3, -0.25) is 0 Å². The monoisotopic (exact) mass is 456 g/mol. The summed E-state index contributed by atoms with van der Waals surface area (Å²) in [4.78, 5) is 0. The van der Waals surface area contributed by atoms with E-state index >= 15 is 0 Å². The fourth-order valence-electron chi connectivity index (χ4n) is 4.89. The minimum Gasteiger partial charge on any atom is -0.399 e. The summed E-state index contributed by atoms with van der Waals surface area (Å²) in [5.41, 5.74) is 5.31. The molecule has 0 aromatic heterocycles. The molecule has 172 valence electrons. The van der Waals surface area contributed by atoms with Crippen molar-refractivity contribution < 1.29 is 9.31 Å². The van der Waals surface area contributed by atoms with E-state index in [0.29, 0.717) is 0 Å². The van der Waals surface area contributed by atoms with E-state index < -0.39 is 0 Å². The van der Waals surface area contributed by atoms with Crippen molar-refractivity contribution in [1.82, 2.24) is 0 Å². The molecule has 0 bridgehead atoms. The number of fused-ring (bicyclic) bond motifs is 2. The molecule has 5 aromatic rings. The molecule has 0 amide bonds. The molecule has 1 aliphatic rings. The SMILES string of the molecule is CC1(C)OB(c2ccc3cc(-c4ccc5cccc(-c6ccccc6)c5c4)ccc3c2)OC1(C)C. The summed E-state index contributed by atoms with van der Waals surface area (Å²) < 4.78 is 12.5. The van der Waals surface area contributed by atoms with E-state index in [1.54, 1.807) is 0 Å². The van der Waals surface area contributed by atoms with Crippen LogP contribution >= 0.6 is 0 Å². The molecular formula is C32H29BO2. The summed E-state index contributed by atoms with van der Waals surface area (Å²) in [6.45, 7) is 8.36. The van der Waals surface area contributed by atoms with Gasteiger partial charge in [-0.15, -0.1) is 0 Å². The first kappa shape index (κ1) is 22.1. The topological polar surface area (TPSA) is 18.5 Å². The molecule has 0 aliphatic carbocycles. The van der Waals surface area contributed by atoms with E-state index in [9.17, 15) is 0 Å². The molecule has 0 saturated carbocycles. The largest absolute Gasteiger partial charge is 0.494 e. The summed E-state index contributed by atoms with van der Waals surface area (Å²) in [6.07, 6.45) is 0. The predicted molar refractivity (Wildman–Crippen MR) is 148 cm³/mol. The lowest BCUT2D eigenvalue weighted by molar-refractivity contribution is 0.00578. The van der Waals surface area contributed by atoms with Crippen LogP contribution in [0.5, 0.6) is 0 Å². The molecule has 0 atom stereocenters. The van der Waals surface area contributed by atoms with E-state index in [1.165, 1.54) is 43.8 Å². The van der Waals surface area contributed by atoms with Crippen LogP contribution in [0.2, 0.25) is 0 Å². The van der Waals surface area contributed by atoms with Gasteiger partial charge >= 0.3 is 7.12 Å². The van der Waals surface area contributed by atoms with Gasteiger partial charge in [0.2, 0.25) is 0 Å². The van der Waals surface area contributed by atoms with Gasteiger partial charge in [0.05, 0.1) is 11.2 Å². The third-order valence-corrected chi connectivity index (χ3v) is 7.69. The number of benzene rings is 5. The first-order chi connectivity index (χ1) is 16.8. The molecule has 5 aromatic carbocycles. The van der Waals surface area contributed by atoms with Gasteiger partial charge in [0, 0.05) is 0 Å². The molecule has 0 unspecified atom stereocenters. The maximum Gasteiger partial charge on any atom is 0.494 e. The molecule has 0 radical (unpaired) electrons. The van der Waals surface area contributed by atoms with Gasteiger partial charge in [-0.1, -0.05) is 91.0 Å². The molecule has 6 rings (SSSR count). The highest BCUT2D eigenvalue weighted by atomic mass is 16.7. The van der Waals surface area contributed by atoms with Crippen LogP contribution in [0.1, 0.15) is 27.7 Å². The third kappa shape index (κ3) is 3.85. The van der Waals surface area contributed by atoms with Crippen molar-refractivity contribution in [3.63, 3.8) is 0 Å². The van der Waals surface area contributed by atoms with Crippen molar-refractivity contribution in [2.24, 2.45) is 0 Å². The number of hydrogen-bond donors (Lipinski definition) is 0. The first-order valence-corrected chi connectivity index (χ1v) is 12.3. The van der Waals surface area contributed by atoms with Gasteiger partial charge in [-0.25, -0.2) is 0 Å². The van der Waals surface area contributed by atoms with Crippen LogP contribution in [0.15, 0.2) is 103 Å². The third-order valence-electron chi connectivity index (χ3n) is 7.69.